The number of hydrogen-bond donors (Lipinski definition) is 1. The maximum absolute atomic E-state index is 12.5. The lowest BCUT2D eigenvalue weighted by atomic mass is 10.1. The van der Waals surface area contributed by atoms with E-state index in [1.165, 1.54) is 0 Å². The topological polar surface area (TPSA) is 46.3 Å². The van der Waals surface area contributed by atoms with Crippen LogP contribution < -0.4 is 5.73 Å². The second kappa shape index (κ2) is 7.17. The lowest BCUT2D eigenvalue weighted by Crippen LogP contribution is -2.42. The van der Waals surface area contributed by atoms with E-state index < -0.39 is 0 Å². The molecule has 0 aliphatic carbocycles. The van der Waals surface area contributed by atoms with E-state index in [0.717, 1.165) is 24.0 Å². The molecule has 0 aliphatic rings. The molecule has 0 atom stereocenters. The smallest absolute Gasteiger partial charge is 0.254 e. The Kier molecular flexibility index (Phi) is 5.86. The zero-order valence-electron chi connectivity index (χ0n) is 11.6. The Balaban J connectivity index is 2.95. The average molecular weight is 248 g/mol. The van der Waals surface area contributed by atoms with Crippen LogP contribution in [0, 0.1) is 6.92 Å². The molecule has 18 heavy (non-hydrogen) atoms. The monoisotopic (exact) mass is 248 g/mol. The van der Waals surface area contributed by atoms with E-state index in [1.54, 1.807) is 0 Å². The van der Waals surface area contributed by atoms with Crippen molar-refractivity contribution < 1.29 is 4.79 Å². The van der Waals surface area contributed by atoms with Crippen molar-refractivity contribution in [2.75, 3.05) is 13.1 Å². The van der Waals surface area contributed by atoms with Gasteiger partial charge in [0.15, 0.2) is 0 Å². The van der Waals surface area contributed by atoms with Gasteiger partial charge in [-0.05, 0) is 31.9 Å². The highest BCUT2D eigenvalue weighted by molar-refractivity contribution is 5.94. The Labute approximate surface area is 110 Å². The molecule has 0 spiro atoms. The average Bonchev–Trinajstić information content (AvgIpc) is 2.38. The molecule has 0 fully saturated rings. The van der Waals surface area contributed by atoms with Crippen LogP contribution in [0.1, 0.15) is 42.6 Å². The van der Waals surface area contributed by atoms with Crippen LogP contribution in [0.4, 0.5) is 0 Å². The first-order chi connectivity index (χ1) is 8.63. The van der Waals surface area contributed by atoms with Crippen LogP contribution in [0.25, 0.3) is 0 Å². The molecule has 0 radical (unpaired) electrons. The summed E-state index contributed by atoms with van der Waals surface area (Å²) in [6, 6.07) is 8.02. The fourth-order valence-corrected chi connectivity index (χ4v) is 2.26. The third-order valence-electron chi connectivity index (χ3n) is 3.28. The Morgan fingerprint density at radius 3 is 2.50 bits per heavy atom. The van der Waals surface area contributed by atoms with Gasteiger partial charge in [-0.3, -0.25) is 4.79 Å². The summed E-state index contributed by atoms with van der Waals surface area (Å²) in [5, 5.41) is 0. The number of hydrogen-bond acceptors (Lipinski definition) is 2. The molecule has 1 aromatic rings. The molecule has 0 unspecified atom stereocenters. The first-order valence-electron chi connectivity index (χ1n) is 6.71. The number of nitrogens with two attached hydrogens (primary N) is 1. The van der Waals surface area contributed by atoms with Crippen LogP contribution in [-0.2, 0) is 0 Å². The number of carbonyl (C=O) groups excluding carboxylic acids is 1. The van der Waals surface area contributed by atoms with Crippen molar-refractivity contribution in [3.05, 3.63) is 35.4 Å². The van der Waals surface area contributed by atoms with Crippen LogP contribution in [-0.4, -0.2) is 29.9 Å². The number of amides is 1. The number of carbonyl (C=O) groups is 1. The highest BCUT2D eigenvalue weighted by atomic mass is 16.2. The van der Waals surface area contributed by atoms with Crippen molar-refractivity contribution in [3.8, 4) is 0 Å². The first-order valence-corrected chi connectivity index (χ1v) is 6.71. The second-order valence-corrected chi connectivity index (χ2v) is 4.63. The van der Waals surface area contributed by atoms with Crippen molar-refractivity contribution in [2.45, 2.75) is 39.7 Å². The summed E-state index contributed by atoms with van der Waals surface area (Å²) in [5.41, 5.74) is 7.50. The van der Waals surface area contributed by atoms with Gasteiger partial charge in [0, 0.05) is 24.7 Å². The molecule has 0 heterocycles. The summed E-state index contributed by atoms with van der Waals surface area (Å²) >= 11 is 0. The third-order valence-corrected chi connectivity index (χ3v) is 3.28. The largest absolute Gasteiger partial charge is 0.334 e. The van der Waals surface area contributed by atoms with Crippen LogP contribution in [0.2, 0.25) is 0 Å². The zero-order chi connectivity index (χ0) is 13.5. The fraction of sp³-hybridized carbons (Fsp3) is 0.533. The number of aryl methyl sites for hydroxylation is 1. The van der Waals surface area contributed by atoms with Gasteiger partial charge in [-0.25, -0.2) is 0 Å². The SMILES string of the molecule is CCC(CC)N(CCN)C(=O)c1cccc(C)c1. The fourth-order valence-electron chi connectivity index (χ4n) is 2.26. The zero-order valence-corrected chi connectivity index (χ0v) is 11.6. The summed E-state index contributed by atoms with van der Waals surface area (Å²) < 4.78 is 0. The summed E-state index contributed by atoms with van der Waals surface area (Å²) in [4.78, 5) is 14.4. The van der Waals surface area contributed by atoms with Crippen molar-refractivity contribution in [3.63, 3.8) is 0 Å². The minimum atomic E-state index is 0.0952. The van der Waals surface area contributed by atoms with Crippen LogP contribution in [0.15, 0.2) is 24.3 Å². The summed E-state index contributed by atoms with van der Waals surface area (Å²) in [6.45, 7) is 7.36. The van der Waals surface area contributed by atoms with Gasteiger partial charge in [-0.1, -0.05) is 31.5 Å². The minimum Gasteiger partial charge on any atom is -0.334 e. The molecule has 0 bridgehead atoms. The molecular formula is C15H24N2O. The molecule has 3 heteroatoms. The van der Waals surface area contributed by atoms with E-state index in [-0.39, 0.29) is 11.9 Å². The van der Waals surface area contributed by atoms with E-state index in [9.17, 15) is 4.79 Å². The van der Waals surface area contributed by atoms with Gasteiger partial charge in [-0.15, -0.1) is 0 Å². The highest BCUT2D eigenvalue weighted by Gasteiger charge is 2.21. The summed E-state index contributed by atoms with van der Waals surface area (Å²) in [5.74, 6) is 0.0952. The maximum Gasteiger partial charge on any atom is 0.254 e. The van der Waals surface area contributed by atoms with Gasteiger partial charge in [0.05, 0.1) is 0 Å². The highest BCUT2D eigenvalue weighted by Crippen LogP contribution is 2.14. The predicted octanol–water partition coefficient (Wildman–Crippen LogP) is 2.58. The summed E-state index contributed by atoms with van der Waals surface area (Å²) in [7, 11) is 0. The van der Waals surface area contributed by atoms with Crippen molar-refractivity contribution in [2.24, 2.45) is 5.73 Å². The molecule has 0 aliphatic heterocycles. The normalized spacial score (nSPS) is 10.7. The van der Waals surface area contributed by atoms with Gasteiger partial charge in [0.2, 0.25) is 0 Å². The van der Waals surface area contributed by atoms with E-state index in [2.05, 4.69) is 13.8 Å². The van der Waals surface area contributed by atoms with Crippen molar-refractivity contribution in [1.82, 2.24) is 4.90 Å². The number of nitrogens with zero attached hydrogens (tertiary/aromatic N) is 1. The van der Waals surface area contributed by atoms with Crippen molar-refractivity contribution in [1.29, 1.82) is 0 Å². The van der Waals surface area contributed by atoms with E-state index >= 15 is 0 Å². The third kappa shape index (κ3) is 3.57. The second-order valence-electron chi connectivity index (χ2n) is 4.63. The van der Waals surface area contributed by atoms with Crippen LogP contribution in [0.5, 0.6) is 0 Å². The molecule has 1 aromatic carbocycles. The molecule has 2 N–H and O–H groups in total. The first kappa shape index (κ1) is 14.7. The van der Waals surface area contributed by atoms with Gasteiger partial charge >= 0.3 is 0 Å². The maximum atomic E-state index is 12.5. The van der Waals surface area contributed by atoms with Gasteiger partial charge in [-0.2, -0.15) is 0 Å². The lowest BCUT2D eigenvalue weighted by Gasteiger charge is -2.30. The number of benzene rings is 1. The molecule has 100 valence electrons. The van der Waals surface area contributed by atoms with Crippen LogP contribution in [0.3, 0.4) is 0 Å². The standard InChI is InChI=1S/C15H24N2O/c1-4-14(5-2)17(10-9-16)15(18)13-8-6-7-12(3)11-13/h6-8,11,14H,4-5,9-10,16H2,1-3H3. The predicted molar refractivity (Wildman–Crippen MR) is 75.6 cm³/mol. The van der Waals surface area contributed by atoms with E-state index in [0.29, 0.717) is 13.1 Å². The molecule has 0 saturated heterocycles. The van der Waals surface area contributed by atoms with Gasteiger partial charge in [0.1, 0.15) is 0 Å². The number of rotatable bonds is 6. The molecule has 1 amide bonds. The van der Waals surface area contributed by atoms with Gasteiger partial charge < -0.3 is 10.6 Å². The molecule has 3 nitrogen and oxygen atoms in total. The summed E-state index contributed by atoms with van der Waals surface area (Å²) in [6.07, 6.45) is 1.93. The minimum absolute atomic E-state index is 0.0952. The van der Waals surface area contributed by atoms with Gasteiger partial charge in [0.25, 0.3) is 5.91 Å². The van der Waals surface area contributed by atoms with E-state index in [1.807, 2.05) is 36.1 Å². The molecular weight excluding hydrogens is 224 g/mol. The molecule has 0 saturated carbocycles. The Morgan fingerprint density at radius 1 is 1.33 bits per heavy atom. The van der Waals surface area contributed by atoms with Crippen LogP contribution >= 0.6 is 0 Å². The Bertz CT molecular complexity index is 386. The quantitative estimate of drug-likeness (QED) is 0.841. The Morgan fingerprint density at radius 2 is 2.00 bits per heavy atom. The molecule has 0 aromatic heterocycles. The Hall–Kier alpha value is -1.35. The van der Waals surface area contributed by atoms with E-state index in [4.69, 9.17) is 5.73 Å². The lowest BCUT2D eigenvalue weighted by molar-refractivity contribution is 0.0674. The molecule has 1 rings (SSSR count). The van der Waals surface area contributed by atoms with Crippen molar-refractivity contribution >= 4 is 5.91 Å².